The minimum absolute atomic E-state index is 0.136. The summed E-state index contributed by atoms with van der Waals surface area (Å²) in [6, 6.07) is 19.1. The van der Waals surface area contributed by atoms with E-state index >= 15 is 0 Å². The monoisotopic (exact) mass is 427 g/mol. The number of hydrogen-bond donors (Lipinski definition) is 2. The van der Waals surface area contributed by atoms with Crippen LogP contribution in [0.3, 0.4) is 0 Å². The van der Waals surface area contributed by atoms with Crippen LogP contribution in [0.5, 0.6) is 0 Å². The molecule has 0 bridgehead atoms. The van der Waals surface area contributed by atoms with Gasteiger partial charge in [-0.15, -0.1) is 0 Å². The minimum Gasteiger partial charge on any atom is -0.343 e. The second-order valence-corrected chi connectivity index (χ2v) is 7.36. The van der Waals surface area contributed by atoms with Gasteiger partial charge in [0.15, 0.2) is 5.65 Å². The third-order valence-electron chi connectivity index (χ3n) is 5.30. The average Bonchev–Trinajstić information content (AvgIpc) is 3.26. The standard InChI is InChI=1S/C25H25N5O2/c1-3-17-10-8-9-13-21(17)28-23(31)16-26-25(32)19-14-22(18-11-6-5-7-12-18)29-24-20(19)15-27-30(24)4-2/h5-15H,3-4,16H2,1-2H3,(H,26,32)(H,28,31). The van der Waals surface area contributed by atoms with Gasteiger partial charge in [0.1, 0.15) is 0 Å². The summed E-state index contributed by atoms with van der Waals surface area (Å²) < 4.78 is 1.76. The SMILES string of the molecule is CCc1ccccc1NC(=O)CNC(=O)c1cc(-c2ccccc2)nc2c1cnn2CC. The molecule has 0 aliphatic heterocycles. The van der Waals surface area contributed by atoms with Gasteiger partial charge in [-0.3, -0.25) is 9.59 Å². The van der Waals surface area contributed by atoms with Crippen molar-refractivity contribution in [3.05, 3.63) is 78.0 Å². The zero-order chi connectivity index (χ0) is 22.5. The molecule has 0 radical (unpaired) electrons. The lowest BCUT2D eigenvalue weighted by atomic mass is 10.1. The Kier molecular flexibility index (Phi) is 6.26. The quantitative estimate of drug-likeness (QED) is 0.466. The molecule has 162 valence electrons. The van der Waals surface area contributed by atoms with Gasteiger partial charge in [0, 0.05) is 17.8 Å². The van der Waals surface area contributed by atoms with Crippen molar-refractivity contribution in [2.45, 2.75) is 26.8 Å². The summed E-state index contributed by atoms with van der Waals surface area (Å²) in [5.41, 5.74) is 4.47. The Labute approximate surface area is 186 Å². The summed E-state index contributed by atoms with van der Waals surface area (Å²) in [7, 11) is 0. The highest BCUT2D eigenvalue weighted by Crippen LogP contribution is 2.25. The molecule has 7 nitrogen and oxygen atoms in total. The molecule has 32 heavy (non-hydrogen) atoms. The summed E-state index contributed by atoms with van der Waals surface area (Å²) in [5.74, 6) is -0.624. The first-order valence-electron chi connectivity index (χ1n) is 10.7. The fraction of sp³-hybridized carbons (Fsp3) is 0.200. The average molecular weight is 428 g/mol. The highest BCUT2D eigenvalue weighted by molar-refractivity contribution is 6.08. The Morgan fingerprint density at radius 2 is 1.75 bits per heavy atom. The van der Waals surface area contributed by atoms with E-state index < -0.39 is 0 Å². The summed E-state index contributed by atoms with van der Waals surface area (Å²) >= 11 is 0. The van der Waals surface area contributed by atoms with Gasteiger partial charge in [-0.25, -0.2) is 9.67 Å². The normalized spacial score (nSPS) is 10.8. The number of hydrogen-bond acceptors (Lipinski definition) is 4. The molecule has 0 atom stereocenters. The molecule has 0 saturated heterocycles. The smallest absolute Gasteiger partial charge is 0.252 e. The highest BCUT2D eigenvalue weighted by Gasteiger charge is 2.18. The lowest BCUT2D eigenvalue weighted by Crippen LogP contribution is -2.33. The second-order valence-electron chi connectivity index (χ2n) is 7.36. The molecule has 4 rings (SSSR count). The van der Waals surface area contributed by atoms with Crippen molar-refractivity contribution in [3.8, 4) is 11.3 Å². The molecule has 0 aliphatic rings. The Hall–Kier alpha value is -4.00. The molecule has 0 unspecified atom stereocenters. The molecular formula is C25H25N5O2. The molecule has 7 heteroatoms. The van der Waals surface area contributed by atoms with Crippen molar-refractivity contribution in [1.82, 2.24) is 20.1 Å². The van der Waals surface area contributed by atoms with Gasteiger partial charge in [-0.2, -0.15) is 5.10 Å². The van der Waals surface area contributed by atoms with Crippen molar-refractivity contribution in [3.63, 3.8) is 0 Å². The number of pyridine rings is 1. The fourth-order valence-electron chi connectivity index (χ4n) is 3.62. The van der Waals surface area contributed by atoms with E-state index in [0.29, 0.717) is 28.8 Å². The van der Waals surface area contributed by atoms with E-state index in [1.54, 1.807) is 16.9 Å². The number of nitrogens with zero attached hydrogens (tertiary/aromatic N) is 3. The molecule has 2 amide bonds. The van der Waals surface area contributed by atoms with Crippen molar-refractivity contribution in [2.75, 3.05) is 11.9 Å². The summed E-state index contributed by atoms with van der Waals surface area (Å²) in [6.07, 6.45) is 2.45. The van der Waals surface area contributed by atoms with Gasteiger partial charge in [-0.05, 0) is 31.0 Å². The van der Waals surface area contributed by atoms with Gasteiger partial charge in [0.25, 0.3) is 5.91 Å². The van der Waals surface area contributed by atoms with Crippen molar-refractivity contribution in [2.24, 2.45) is 0 Å². The van der Waals surface area contributed by atoms with Crippen LogP contribution in [0.4, 0.5) is 5.69 Å². The van der Waals surface area contributed by atoms with E-state index in [1.165, 1.54) is 0 Å². The van der Waals surface area contributed by atoms with Crippen molar-refractivity contribution < 1.29 is 9.59 Å². The largest absolute Gasteiger partial charge is 0.343 e. The predicted octanol–water partition coefficient (Wildman–Crippen LogP) is 4.05. The van der Waals surface area contributed by atoms with Crippen LogP contribution in [0.1, 0.15) is 29.8 Å². The minimum atomic E-state index is -0.343. The fourth-order valence-corrected chi connectivity index (χ4v) is 3.62. The Morgan fingerprint density at radius 3 is 2.50 bits per heavy atom. The molecule has 0 saturated carbocycles. The summed E-state index contributed by atoms with van der Waals surface area (Å²) in [5, 5.41) is 10.6. The van der Waals surface area contributed by atoms with E-state index in [2.05, 4.69) is 15.7 Å². The molecule has 2 aromatic carbocycles. The predicted molar refractivity (Wildman–Crippen MR) is 125 cm³/mol. The van der Waals surface area contributed by atoms with Gasteiger partial charge in [0.2, 0.25) is 5.91 Å². The Bertz CT molecular complexity index is 1260. The molecule has 2 N–H and O–H groups in total. The molecule has 0 spiro atoms. The number of rotatable bonds is 7. The Balaban J connectivity index is 1.57. The zero-order valence-electron chi connectivity index (χ0n) is 18.1. The molecule has 0 aliphatic carbocycles. The van der Waals surface area contributed by atoms with Crippen LogP contribution in [0.25, 0.3) is 22.3 Å². The van der Waals surface area contributed by atoms with Gasteiger partial charge in [-0.1, -0.05) is 55.5 Å². The maximum absolute atomic E-state index is 13.1. The third kappa shape index (κ3) is 4.37. The second kappa shape index (κ2) is 9.43. The van der Waals surface area contributed by atoms with Crippen LogP contribution in [-0.4, -0.2) is 33.1 Å². The first kappa shape index (κ1) is 21.2. The number of nitrogens with one attached hydrogen (secondary N) is 2. The van der Waals surface area contributed by atoms with Crippen molar-refractivity contribution in [1.29, 1.82) is 0 Å². The number of anilines is 1. The molecule has 0 fully saturated rings. The molecule has 4 aromatic rings. The van der Waals surface area contributed by atoms with E-state index in [9.17, 15) is 9.59 Å². The zero-order valence-corrected chi connectivity index (χ0v) is 18.1. The van der Waals surface area contributed by atoms with Crippen LogP contribution in [0, 0.1) is 0 Å². The third-order valence-corrected chi connectivity index (χ3v) is 5.30. The van der Waals surface area contributed by atoms with Crippen LogP contribution in [-0.2, 0) is 17.8 Å². The van der Waals surface area contributed by atoms with Gasteiger partial charge < -0.3 is 10.6 Å². The number of amides is 2. The number of aryl methyl sites for hydroxylation is 2. The molecule has 2 heterocycles. The van der Waals surface area contributed by atoms with Crippen molar-refractivity contribution >= 4 is 28.5 Å². The van der Waals surface area contributed by atoms with Crippen LogP contribution < -0.4 is 10.6 Å². The number of carbonyl (C=O) groups excluding carboxylic acids is 2. The lowest BCUT2D eigenvalue weighted by Gasteiger charge is -2.11. The highest BCUT2D eigenvalue weighted by atomic mass is 16.2. The number of benzene rings is 2. The number of para-hydroxylation sites is 1. The first-order valence-corrected chi connectivity index (χ1v) is 10.7. The topological polar surface area (TPSA) is 88.9 Å². The number of carbonyl (C=O) groups is 2. The van der Waals surface area contributed by atoms with Crippen LogP contribution in [0.15, 0.2) is 66.9 Å². The molecule has 2 aromatic heterocycles. The van der Waals surface area contributed by atoms with Gasteiger partial charge >= 0.3 is 0 Å². The maximum Gasteiger partial charge on any atom is 0.252 e. The van der Waals surface area contributed by atoms with E-state index in [1.807, 2.05) is 68.4 Å². The van der Waals surface area contributed by atoms with E-state index in [4.69, 9.17) is 4.98 Å². The maximum atomic E-state index is 13.1. The lowest BCUT2D eigenvalue weighted by molar-refractivity contribution is -0.115. The number of aromatic nitrogens is 3. The summed E-state index contributed by atoms with van der Waals surface area (Å²) in [4.78, 5) is 30.3. The van der Waals surface area contributed by atoms with E-state index in [-0.39, 0.29) is 18.4 Å². The summed E-state index contributed by atoms with van der Waals surface area (Å²) in [6.45, 7) is 4.50. The molecular weight excluding hydrogens is 402 g/mol. The first-order chi connectivity index (χ1) is 15.6. The number of fused-ring (bicyclic) bond motifs is 1. The Morgan fingerprint density at radius 1 is 1.00 bits per heavy atom. The van der Waals surface area contributed by atoms with Crippen LogP contribution in [0.2, 0.25) is 0 Å². The van der Waals surface area contributed by atoms with Gasteiger partial charge in [0.05, 0.1) is 29.4 Å². The van der Waals surface area contributed by atoms with E-state index in [0.717, 1.165) is 23.2 Å². The van der Waals surface area contributed by atoms with Crippen LogP contribution >= 0.6 is 0 Å².